The predicted molar refractivity (Wildman–Crippen MR) is 126 cm³/mol. The maximum Gasteiger partial charge on any atom is 0.490 e. The Hall–Kier alpha value is -3.93. The van der Waals surface area contributed by atoms with Crippen LogP contribution in [-0.2, 0) is 4.79 Å². The van der Waals surface area contributed by atoms with Gasteiger partial charge in [0.05, 0.1) is 5.52 Å². The summed E-state index contributed by atoms with van der Waals surface area (Å²) in [7, 11) is 0. The molecule has 2 aromatic heterocycles. The van der Waals surface area contributed by atoms with Crippen LogP contribution in [0.1, 0.15) is 19.3 Å². The number of piperidine rings is 1. The molecule has 190 valence electrons. The lowest BCUT2D eigenvalue weighted by atomic mass is 10.1. The molecule has 0 atom stereocenters. The Labute approximate surface area is 204 Å². The van der Waals surface area contributed by atoms with Gasteiger partial charge in [0.2, 0.25) is 0 Å². The lowest BCUT2D eigenvalue weighted by Gasteiger charge is -2.26. The van der Waals surface area contributed by atoms with Gasteiger partial charge in [0, 0.05) is 23.1 Å². The number of nitrogens with zero attached hydrogens (tertiary/aromatic N) is 4. The quantitative estimate of drug-likeness (QED) is 0.355. The van der Waals surface area contributed by atoms with Gasteiger partial charge in [-0.15, -0.1) is 0 Å². The summed E-state index contributed by atoms with van der Waals surface area (Å²) in [5.74, 6) is -1.14. The highest BCUT2D eigenvalue weighted by atomic mass is 19.4. The van der Waals surface area contributed by atoms with Crippen molar-refractivity contribution in [3.05, 3.63) is 48.8 Å². The molecule has 0 unspecified atom stereocenters. The first-order chi connectivity index (χ1) is 17.3. The summed E-state index contributed by atoms with van der Waals surface area (Å²) in [6.07, 6.45) is 0.394. The highest BCUT2D eigenvalue weighted by Crippen LogP contribution is 2.31. The number of halogens is 3. The van der Waals surface area contributed by atoms with Crippen LogP contribution in [-0.4, -0.2) is 73.8 Å². The smallest absolute Gasteiger partial charge is 0.490 e. The molecule has 2 aromatic carbocycles. The number of nitrogens with one attached hydrogen (secondary N) is 2. The van der Waals surface area contributed by atoms with Crippen LogP contribution in [0, 0.1) is 0 Å². The fourth-order valence-corrected chi connectivity index (χ4v) is 3.93. The van der Waals surface area contributed by atoms with Crippen molar-refractivity contribution < 1.29 is 27.8 Å². The Kier molecular flexibility index (Phi) is 7.84. The largest absolute Gasteiger partial charge is 0.492 e. The van der Waals surface area contributed by atoms with Gasteiger partial charge in [0.25, 0.3) is 0 Å². The normalized spacial score (nSPS) is 14.3. The highest BCUT2D eigenvalue weighted by molar-refractivity contribution is 5.95. The number of H-pyrrole nitrogens is 2. The maximum atomic E-state index is 10.6. The number of likely N-dealkylation sites (tertiary alicyclic amines) is 1. The number of hydrogen-bond acceptors (Lipinski definition) is 6. The van der Waals surface area contributed by atoms with Crippen LogP contribution >= 0.6 is 0 Å². The first-order valence-electron chi connectivity index (χ1n) is 11.4. The van der Waals surface area contributed by atoms with Gasteiger partial charge in [-0.25, -0.2) is 9.78 Å². The van der Waals surface area contributed by atoms with E-state index >= 15 is 0 Å². The molecule has 1 fully saturated rings. The van der Waals surface area contributed by atoms with Crippen molar-refractivity contribution in [2.45, 2.75) is 25.4 Å². The van der Waals surface area contributed by atoms with Crippen molar-refractivity contribution in [2.24, 2.45) is 0 Å². The van der Waals surface area contributed by atoms with Crippen molar-refractivity contribution >= 4 is 16.9 Å². The molecule has 12 heteroatoms. The van der Waals surface area contributed by atoms with E-state index in [1.165, 1.54) is 38.7 Å². The van der Waals surface area contributed by atoms with Gasteiger partial charge in [-0.1, -0.05) is 18.6 Å². The minimum Gasteiger partial charge on any atom is -0.492 e. The van der Waals surface area contributed by atoms with E-state index in [1.807, 2.05) is 24.3 Å². The molecule has 5 rings (SSSR count). The number of aliphatic carboxylic acids is 1. The minimum absolute atomic E-state index is 0.709. The number of carboxylic acid groups (broad SMARTS) is 1. The molecule has 0 spiro atoms. The van der Waals surface area contributed by atoms with E-state index in [0.29, 0.717) is 6.61 Å². The molecular formula is C24H25F3N6O3. The van der Waals surface area contributed by atoms with Crippen LogP contribution < -0.4 is 4.74 Å². The van der Waals surface area contributed by atoms with Crippen LogP contribution in [0.2, 0.25) is 0 Å². The maximum absolute atomic E-state index is 10.6. The molecule has 0 saturated carbocycles. The molecule has 1 aliphatic rings. The Bertz CT molecular complexity index is 1280. The molecule has 36 heavy (non-hydrogen) atoms. The summed E-state index contributed by atoms with van der Waals surface area (Å²) in [6, 6.07) is 14.3. The Morgan fingerprint density at radius 3 is 2.53 bits per heavy atom. The summed E-state index contributed by atoms with van der Waals surface area (Å²) in [4.78, 5) is 15.6. The standard InChI is InChI=1S/C22H24N6O.C2HF3O2/c1-2-9-28(10-3-1)11-12-29-18-6-4-5-16(13-18)21-19-14-17(22-23-15-24-27-22)7-8-20(19)25-26-21;3-2(4,5)1(6)7/h4-8,13-15H,1-3,9-12H2,(H,25,26)(H,23,24,27);(H,6,7). The van der Waals surface area contributed by atoms with E-state index < -0.39 is 12.1 Å². The number of rotatable bonds is 6. The molecule has 3 N–H and O–H groups in total. The van der Waals surface area contributed by atoms with Crippen LogP contribution in [0.5, 0.6) is 5.75 Å². The molecule has 0 radical (unpaired) electrons. The van der Waals surface area contributed by atoms with Crippen LogP contribution in [0.4, 0.5) is 13.2 Å². The third kappa shape index (κ3) is 6.39. The van der Waals surface area contributed by atoms with Crippen molar-refractivity contribution in [1.82, 2.24) is 30.3 Å². The van der Waals surface area contributed by atoms with Crippen LogP contribution in [0.25, 0.3) is 33.5 Å². The number of carbonyl (C=O) groups is 1. The van der Waals surface area contributed by atoms with E-state index in [-0.39, 0.29) is 0 Å². The SMILES string of the molecule is O=C(O)C(F)(F)F.c1cc(OCCN2CCCCC2)cc(-c2n[nH]c3ccc(-c4ncn[nH]4)cc23)c1. The van der Waals surface area contributed by atoms with E-state index in [0.717, 1.165) is 45.8 Å². The average Bonchev–Trinajstić information content (AvgIpc) is 3.55. The Morgan fingerprint density at radius 1 is 1.06 bits per heavy atom. The van der Waals surface area contributed by atoms with Crippen LogP contribution in [0.15, 0.2) is 48.8 Å². The molecule has 4 aromatic rings. The van der Waals surface area contributed by atoms with Gasteiger partial charge in [-0.3, -0.25) is 15.1 Å². The fraction of sp³-hybridized carbons (Fsp3) is 0.333. The third-order valence-electron chi connectivity index (χ3n) is 5.73. The zero-order chi connectivity index (χ0) is 25.5. The van der Waals surface area contributed by atoms with Gasteiger partial charge >= 0.3 is 12.1 Å². The Balaban J connectivity index is 0.000000384. The number of benzene rings is 2. The third-order valence-corrected chi connectivity index (χ3v) is 5.73. The second kappa shape index (κ2) is 11.2. The summed E-state index contributed by atoms with van der Waals surface area (Å²) in [5.41, 5.74) is 3.90. The second-order valence-electron chi connectivity index (χ2n) is 8.25. The van der Waals surface area contributed by atoms with Gasteiger partial charge in [-0.05, 0) is 56.3 Å². The van der Waals surface area contributed by atoms with Crippen molar-refractivity contribution in [3.63, 3.8) is 0 Å². The molecule has 3 heterocycles. The number of aromatic nitrogens is 5. The predicted octanol–water partition coefficient (Wildman–Crippen LogP) is 4.51. The first-order valence-corrected chi connectivity index (χ1v) is 11.4. The van der Waals surface area contributed by atoms with E-state index in [2.05, 4.69) is 48.5 Å². The Morgan fingerprint density at radius 2 is 1.83 bits per heavy atom. The van der Waals surface area contributed by atoms with E-state index in [9.17, 15) is 13.2 Å². The summed E-state index contributed by atoms with van der Waals surface area (Å²) in [5, 5.41) is 22.7. The number of hydrogen-bond donors (Lipinski definition) is 3. The number of ether oxygens (including phenoxy) is 1. The van der Waals surface area contributed by atoms with Crippen LogP contribution in [0.3, 0.4) is 0 Å². The molecule has 1 saturated heterocycles. The summed E-state index contributed by atoms with van der Waals surface area (Å²) >= 11 is 0. The molecule has 0 bridgehead atoms. The zero-order valence-electron chi connectivity index (χ0n) is 19.3. The monoisotopic (exact) mass is 502 g/mol. The molecule has 1 aliphatic heterocycles. The van der Waals surface area contributed by atoms with Crippen molar-refractivity contribution in [2.75, 3.05) is 26.2 Å². The number of aromatic amines is 2. The van der Waals surface area contributed by atoms with Crippen molar-refractivity contribution in [1.29, 1.82) is 0 Å². The molecular weight excluding hydrogens is 477 g/mol. The van der Waals surface area contributed by atoms with Gasteiger partial charge in [-0.2, -0.15) is 23.4 Å². The number of carboxylic acids is 1. The number of alkyl halides is 3. The van der Waals surface area contributed by atoms with Crippen molar-refractivity contribution in [3.8, 4) is 28.4 Å². The van der Waals surface area contributed by atoms with E-state index in [1.54, 1.807) is 0 Å². The van der Waals surface area contributed by atoms with Gasteiger partial charge < -0.3 is 9.84 Å². The number of fused-ring (bicyclic) bond motifs is 1. The summed E-state index contributed by atoms with van der Waals surface area (Å²) < 4.78 is 37.8. The van der Waals surface area contributed by atoms with Gasteiger partial charge in [0.1, 0.15) is 24.4 Å². The fourth-order valence-electron chi connectivity index (χ4n) is 3.93. The summed E-state index contributed by atoms with van der Waals surface area (Å²) in [6.45, 7) is 4.07. The average molecular weight is 502 g/mol. The lowest BCUT2D eigenvalue weighted by Crippen LogP contribution is -2.33. The lowest BCUT2D eigenvalue weighted by molar-refractivity contribution is -0.192. The molecule has 0 aliphatic carbocycles. The van der Waals surface area contributed by atoms with Gasteiger partial charge in [0.15, 0.2) is 5.82 Å². The first kappa shape index (κ1) is 25.2. The highest BCUT2D eigenvalue weighted by Gasteiger charge is 2.38. The second-order valence-corrected chi connectivity index (χ2v) is 8.25. The minimum atomic E-state index is -5.08. The topological polar surface area (TPSA) is 120 Å². The molecule has 0 amide bonds. The molecule has 9 nitrogen and oxygen atoms in total. The van der Waals surface area contributed by atoms with E-state index in [4.69, 9.17) is 14.6 Å². The zero-order valence-corrected chi connectivity index (χ0v) is 19.3.